The van der Waals surface area contributed by atoms with Gasteiger partial charge in [0.2, 0.25) is 0 Å². The molecule has 1 unspecified atom stereocenters. The van der Waals surface area contributed by atoms with Crippen LogP contribution in [0.4, 0.5) is 14.5 Å². The number of nitrogens with one attached hydrogen (secondary N) is 1. The zero-order valence-electron chi connectivity index (χ0n) is 9.76. The zero-order chi connectivity index (χ0) is 12.1. The summed E-state index contributed by atoms with van der Waals surface area (Å²) in [6.07, 6.45) is 9.95. The van der Waals surface area contributed by atoms with E-state index >= 15 is 0 Å². The zero-order valence-corrected chi connectivity index (χ0v) is 9.76. The molecule has 1 N–H and O–H groups in total. The van der Waals surface area contributed by atoms with Crippen LogP contribution in [0.5, 0.6) is 0 Å². The topological polar surface area (TPSA) is 12.0 Å². The molecule has 1 atom stereocenters. The van der Waals surface area contributed by atoms with Crippen molar-refractivity contribution in [1.29, 1.82) is 0 Å². The van der Waals surface area contributed by atoms with Crippen molar-refractivity contribution in [1.82, 2.24) is 0 Å². The molecule has 1 aromatic rings. The molecule has 0 saturated carbocycles. The van der Waals surface area contributed by atoms with Crippen molar-refractivity contribution in [3.05, 3.63) is 42.0 Å². The van der Waals surface area contributed by atoms with E-state index in [4.69, 9.17) is 0 Å². The summed E-state index contributed by atoms with van der Waals surface area (Å²) in [5.41, 5.74) is 0.512. The molecule has 3 heteroatoms. The minimum Gasteiger partial charge on any atom is -0.379 e. The van der Waals surface area contributed by atoms with E-state index in [2.05, 4.69) is 17.5 Å². The van der Waals surface area contributed by atoms with Crippen molar-refractivity contribution < 1.29 is 8.78 Å². The first-order valence-electron chi connectivity index (χ1n) is 6.13. The lowest BCUT2D eigenvalue weighted by atomic mass is 10.0. The normalized spacial score (nSPS) is 22.6. The Kier molecular flexibility index (Phi) is 4.13. The van der Waals surface area contributed by atoms with Crippen LogP contribution in [0.1, 0.15) is 32.1 Å². The fraction of sp³-hybridized carbons (Fsp3) is 0.429. The average Bonchev–Trinajstić information content (AvgIpc) is 2.20. The molecule has 1 nitrogen and oxygen atoms in total. The molecule has 0 heterocycles. The number of rotatable bonds is 2. The van der Waals surface area contributed by atoms with E-state index in [1.54, 1.807) is 0 Å². The van der Waals surface area contributed by atoms with Crippen LogP contribution in [0.25, 0.3) is 0 Å². The van der Waals surface area contributed by atoms with Crippen LogP contribution < -0.4 is 5.32 Å². The summed E-state index contributed by atoms with van der Waals surface area (Å²) in [7, 11) is 0. The molecule has 0 fully saturated rings. The maximum Gasteiger partial charge on any atom is 0.128 e. The van der Waals surface area contributed by atoms with Gasteiger partial charge in [0, 0.05) is 17.8 Å². The number of hydrogen-bond acceptors (Lipinski definition) is 1. The number of halogens is 2. The van der Waals surface area contributed by atoms with Crippen LogP contribution in [0.2, 0.25) is 0 Å². The molecule has 0 amide bonds. The quantitative estimate of drug-likeness (QED) is 0.757. The van der Waals surface area contributed by atoms with E-state index in [0.29, 0.717) is 5.69 Å². The number of benzene rings is 1. The highest BCUT2D eigenvalue weighted by Crippen LogP contribution is 2.18. The Hall–Kier alpha value is -1.38. The summed E-state index contributed by atoms with van der Waals surface area (Å²) in [5.74, 6) is -1.08. The van der Waals surface area contributed by atoms with Gasteiger partial charge in [0.25, 0.3) is 0 Å². The number of anilines is 1. The summed E-state index contributed by atoms with van der Waals surface area (Å²) in [6, 6.07) is 3.72. The van der Waals surface area contributed by atoms with Crippen LogP contribution in [0.15, 0.2) is 30.4 Å². The van der Waals surface area contributed by atoms with Gasteiger partial charge in [-0.1, -0.05) is 25.0 Å². The Morgan fingerprint density at radius 1 is 1.00 bits per heavy atom. The van der Waals surface area contributed by atoms with Crippen LogP contribution in [-0.2, 0) is 0 Å². The lowest BCUT2D eigenvalue weighted by Crippen LogP contribution is -2.17. The van der Waals surface area contributed by atoms with Crippen LogP contribution >= 0.6 is 0 Å². The molecular formula is C14H17F2N. The molecule has 0 saturated heterocycles. The second-order valence-corrected chi connectivity index (χ2v) is 4.48. The van der Waals surface area contributed by atoms with Crippen molar-refractivity contribution in [3.8, 4) is 0 Å². The molecule has 0 spiro atoms. The van der Waals surface area contributed by atoms with Gasteiger partial charge in [-0.3, -0.25) is 0 Å². The minimum absolute atomic E-state index is 0.177. The SMILES string of the molecule is Fc1cc(F)cc(NC2/C=C/CCCCC2)c1. The van der Waals surface area contributed by atoms with Gasteiger partial charge in [-0.2, -0.15) is 0 Å². The van der Waals surface area contributed by atoms with E-state index < -0.39 is 11.6 Å². The van der Waals surface area contributed by atoms with Crippen molar-refractivity contribution in [3.63, 3.8) is 0 Å². The highest BCUT2D eigenvalue weighted by Gasteiger charge is 2.08. The monoisotopic (exact) mass is 237 g/mol. The molecule has 17 heavy (non-hydrogen) atoms. The third kappa shape index (κ3) is 3.84. The van der Waals surface area contributed by atoms with E-state index in [1.807, 2.05) is 0 Å². The fourth-order valence-electron chi connectivity index (χ4n) is 2.13. The highest BCUT2D eigenvalue weighted by molar-refractivity contribution is 5.45. The van der Waals surface area contributed by atoms with Crippen molar-refractivity contribution in [2.24, 2.45) is 0 Å². The number of hydrogen-bond donors (Lipinski definition) is 1. The Bertz CT molecular complexity index is 381. The fourth-order valence-corrected chi connectivity index (χ4v) is 2.13. The molecule has 0 aromatic heterocycles. The van der Waals surface area contributed by atoms with Gasteiger partial charge in [-0.25, -0.2) is 8.78 Å². The molecule has 0 radical (unpaired) electrons. The van der Waals surface area contributed by atoms with E-state index in [1.165, 1.54) is 25.0 Å². The summed E-state index contributed by atoms with van der Waals surface area (Å²) < 4.78 is 26.1. The van der Waals surface area contributed by atoms with Crippen molar-refractivity contribution in [2.45, 2.75) is 38.1 Å². The highest BCUT2D eigenvalue weighted by atomic mass is 19.1. The van der Waals surface area contributed by atoms with E-state index in [-0.39, 0.29) is 6.04 Å². The third-order valence-electron chi connectivity index (χ3n) is 2.97. The molecule has 1 aromatic carbocycles. The second kappa shape index (κ2) is 5.80. The lowest BCUT2D eigenvalue weighted by molar-refractivity contribution is 0.581. The molecule has 92 valence electrons. The molecular weight excluding hydrogens is 220 g/mol. The van der Waals surface area contributed by atoms with Gasteiger partial charge < -0.3 is 5.32 Å². The standard InChI is InChI=1S/C14H17F2N/c15-11-8-12(16)10-14(9-11)17-13-6-4-2-1-3-5-7-13/h4,6,8-10,13,17H,1-3,5,7H2/b6-4+. The minimum atomic E-state index is -0.540. The first kappa shape index (κ1) is 12.1. The Morgan fingerprint density at radius 3 is 2.53 bits per heavy atom. The first-order valence-corrected chi connectivity index (χ1v) is 6.13. The van der Waals surface area contributed by atoms with Gasteiger partial charge in [0.1, 0.15) is 11.6 Å². The first-order chi connectivity index (χ1) is 8.24. The van der Waals surface area contributed by atoms with Gasteiger partial charge in [-0.15, -0.1) is 0 Å². The van der Waals surface area contributed by atoms with Gasteiger partial charge in [0.15, 0.2) is 0 Å². The Labute approximate surface area is 101 Å². The predicted octanol–water partition coefficient (Wildman–Crippen LogP) is 4.27. The van der Waals surface area contributed by atoms with Gasteiger partial charge in [0.05, 0.1) is 0 Å². The summed E-state index contributed by atoms with van der Waals surface area (Å²) in [4.78, 5) is 0. The molecule has 2 rings (SSSR count). The van der Waals surface area contributed by atoms with Gasteiger partial charge >= 0.3 is 0 Å². The maximum absolute atomic E-state index is 13.0. The Morgan fingerprint density at radius 2 is 1.76 bits per heavy atom. The van der Waals surface area contributed by atoms with Crippen LogP contribution in [0.3, 0.4) is 0 Å². The molecule has 1 aliphatic rings. The third-order valence-corrected chi connectivity index (χ3v) is 2.97. The summed E-state index contributed by atoms with van der Waals surface area (Å²) in [6.45, 7) is 0. The average molecular weight is 237 g/mol. The lowest BCUT2D eigenvalue weighted by Gasteiger charge is -2.18. The molecule has 0 aliphatic heterocycles. The van der Waals surface area contributed by atoms with E-state index in [0.717, 1.165) is 25.3 Å². The Balaban J connectivity index is 2.05. The summed E-state index contributed by atoms with van der Waals surface area (Å²) >= 11 is 0. The predicted molar refractivity (Wildman–Crippen MR) is 66.0 cm³/mol. The summed E-state index contributed by atoms with van der Waals surface area (Å²) in [5, 5.41) is 3.16. The second-order valence-electron chi connectivity index (χ2n) is 4.48. The molecule has 1 aliphatic carbocycles. The van der Waals surface area contributed by atoms with Crippen molar-refractivity contribution >= 4 is 5.69 Å². The maximum atomic E-state index is 13.0. The van der Waals surface area contributed by atoms with Crippen molar-refractivity contribution in [2.75, 3.05) is 5.32 Å². The largest absolute Gasteiger partial charge is 0.379 e. The molecule has 0 bridgehead atoms. The number of allylic oxidation sites excluding steroid dienone is 1. The van der Waals surface area contributed by atoms with E-state index in [9.17, 15) is 8.78 Å². The van der Waals surface area contributed by atoms with Crippen LogP contribution in [-0.4, -0.2) is 6.04 Å². The van der Waals surface area contributed by atoms with Crippen LogP contribution in [0, 0.1) is 11.6 Å². The smallest absolute Gasteiger partial charge is 0.128 e. The van der Waals surface area contributed by atoms with Gasteiger partial charge in [-0.05, 0) is 31.4 Å².